The van der Waals surface area contributed by atoms with E-state index in [2.05, 4.69) is 0 Å². The van der Waals surface area contributed by atoms with Crippen molar-refractivity contribution in [2.75, 3.05) is 19.8 Å². The van der Waals surface area contributed by atoms with Crippen molar-refractivity contribution in [3.05, 3.63) is 0 Å². The SMILES string of the molecule is OCCCC(CO)CO.[Ca+2].[H-].[H-]. The molecule has 0 saturated carbocycles. The third kappa shape index (κ3) is 7.25. The Balaban J connectivity index is -0.000000107. The van der Waals surface area contributed by atoms with E-state index in [9.17, 15) is 0 Å². The molecule has 0 aliphatic carbocycles. The van der Waals surface area contributed by atoms with E-state index in [1.807, 2.05) is 0 Å². The molecule has 0 aliphatic rings. The van der Waals surface area contributed by atoms with E-state index in [0.717, 1.165) is 0 Å². The van der Waals surface area contributed by atoms with Crippen molar-refractivity contribution in [1.82, 2.24) is 0 Å². The molecule has 0 rings (SSSR count). The zero-order chi connectivity index (χ0) is 7.11. The van der Waals surface area contributed by atoms with E-state index in [4.69, 9.17) is 15.3 Å². The van der Waals surface area contributed by atoms with Crippen LogP contribution >= 0.6 is 0 Å². The van der Waals surface area contributed by atoms with Crippen LogP contribution in [0.5, 0.6) is 0 Å². The minimum absolute atomic E-state index is 0. The first-order valence-corrected chi connectivity index (χ1v) is 3.17. The maximum absolute atomic E-state index is 8.51. The van der Waals surface area contributed by atoms with Gasteiger partial charge in [0.2, 0.25) is 0 Å². The molecule has 0 radical (unpaired) electrons. The molecule has 0 amide bonds. The Morgan fingerprint density at radius 1 is 1.10 bits per heavy atom. The van der Waals surface area contributed by atoms with Gasteiger partial charge in [-0.3, -0.25) is 0 Å². The van der Waals surface area contributed by atoms with Crippen LogP contribution in [0, 0.1) is 5.92 Å². The minimum Gasteiger partial charge on any atom is -1.00 e. The van der Waals surface area contributed by atoms with E-state index in [1.165, 1.54) is 0 Å². The van der Waals surface area contributed by atoms with Crippen molar-refractivity contribution in [2.45, 2.75) is 12.8 Å². The van der Waals surface area contributed by atoms with Gasteiger partial charge >= 0.3 is 37.7 Å². The Morgan fingerprint density at radius 2 is 1.60 bits per heavy atom. The summed E-state index contributed by atoms with van der Waals surface area (Å²) in [6, 6.07) is 0. The zero-order valence-electron chi connectivity index (χ0n) is 8.16. The van der Waals surface area contributed by atoms with Crippen LogP contribution in [0.15, 0.2) is 0 Å². The fourth-order valence-corrected chi connectivity index (χ4v) is 0.620. The van der Waals surface area contributed by atoms with Crippen molar-refractivity contribution in [1.29, 1.82) is 0 Å². The smallest absolute Gasteiger partial charge is 1.00 e. The van der Waals surface area contributed by atoms with Crippen LogP contribution in [0.1, 0.15) is 15.7 Å². The summed E-state index contributed by atoms with van der Waals surface area (Å²) in [7, 11) is 0. The fourth-order valence-electron chi connectivity index (χ4n) is 0.620. The molecule has 4 heteroatoms. The molecule has 0 aromatic carbocycles. The molecular weight excluding hydrogens is 160 g/mol. The molecule has 0 spiro atoms. The van der Waals surface area contributed by atoms with E-state index >= 15 is 0 Å². The molecule has 3 N–H and O–H groups in total. The van der Waals surface area contributed by atoms with Crippen LogP contribution in [-0.2, 0) is 0 Å². The van der Waals surface area contributed by atoms with Crippen LogP contribution in [-0.4, -0.2) is 72.9 Å². The third-order valence-corrected chi connectivity index (χ3v) is 1.29. The molecule has 60 valence electrons. The average molecular weight is 176 g/mol. The van der Waals surface area contributed by atoms with E-state index in [0.29, 0.717) is 12.8 Å². The first-order chi connectivity index (χ1) is 4.35. The zero-order valence-corrected chi connectivity index (χ0v) is 8.37. The standard InChI is InChI=1S/C6H14O3.Ca.2H/c7-3-1-2-6(4-8)5-9;;;/h6-9H,1-5H2;;;/q;+2;2*-1. The molecule has 0 aromatic heterocycles. The Bertz CT molecular complexity index is 64.8. The van der Waals surface area contributed by atoms with Gasteiger partial charge in [-0.2, -0.15) is 0 Å². The Labute approximate surface area is 94.0 Å². The van der Waals surface area contributed by atoms with Crippen LogP contribution in [0.2, 0.25) is 0 Å². The molecule has 3 nitrogen and oxygen atoms in total. The van der Waals surface area contributed by atoms with Crippen LogP contribution in [0.3, 0.4) is 0 Å². The summed E-state index contributed by atoms with van der Waals surface area (Å²) in [5.74, 6) is -0.0443. The van der Waals surface area contributed by atoms with Gasteiger partial charge in [-0.05, 0) is 12.8 Å². The van der Waals surface area contributed by atoms with Crippen LogP contribution in [0.4, 0.5) is 0 Å². The van der Waals surface area contributed by atoms with Crippen LogP contribution in [0.25, 0.3) is 0 Å². The Morgan fingerprint density at radius 3 is 1.90 bits per heavy atom. The molecule has 0 aromatic rings. The van der Waals surface area contributed by atoms with Gasteiger partial charge in [-0.1, -0.05) is 0 Å². The predicted octanol–water partition coefficient (Wildman–Crippen LogP) is -0.796. The van der Waals surface area contributed by atoms with Gasteiger partial charge in [0.1, 0.15) is 0 Å². The normalized spacial score (nSPS) is 9.60. The average Bonchev–Trinajstić information content (AvgIpc) is 1.91. The van der Waals surface area contributed by atoms with Gasteiger partial charge in [0.15, 0.2) is 0 Å². The second kappa shape index (κ2) is 10.1. The third-order valence-electron chi connectivity index (χ3n) is 1.29. The molecule has 0 bridgehead atoms. The molecule has 0 heterocycles. The van der Waals surface area contributed by atoms with Crippen molar-refractivity contribution in [3.63, 3.8) is 0 Å². The largest absolute Gasteiger partial charge is 2.00 e. The van der Waals surface area contributed by atoms with Crippen molar-refractivity contribution >= 4 is 37.7 Å². The number of rotatable bonds is 5. The molecule has 0 fully saturated rings. The summed E-state index contributed by atoms with van der Waals surface area (Å²) < 4.78 is 0. The fraction of sp³-hybridized carbons (Fsp3) is 1.00. The second-order valence-corrected chi connectivity index (χ2v) is 2.10. The minimum atomic E-state index is -0.0443. The van der Waals surface area contributed by atoms with Crippen LogP contribution < -0.4 is 0 Å². The van der Waals surface area contributed by atoms with Gasteiger partial charge in [0.25, 0.3) is 0 Å². The maximum atomic E-state index is 8.51. The van der Waals surface area contributed by atoms with E-state index < -0.39 is 0 Å². The summed E-state index contributed by atoms with van der Waals surface area (Å²) in [6.07, 6.45) is 1.36. The molecule has 0 saturated heterocycles. The van der Waals surface area contributed by atoms with Gasteiger partial charge in [-0.15, -0.1) is 0 Å². The first-order valence-electron chi connectivity index (χ1n) is 3.17. The molecular formula is C6H16CaO3. The van der Waals surface area contributed by atoms with E-state index in [-0.39, 0.29) is 66.3 Å². The Hall–Kier alpha value is 1.14. The van der Waals surface area contributed by atoms with Gasteiger partial charge in [-0.25, -0.2) is 0 Å². The summed E-state index contributed by atoms with van der Waals surface area (Å²) >= 11 is 0. The number of aliphatic hydroxyl groups is 3. The topological polar surface area (TPSA) is 60.7 Å². The van der Waals surface area contributed by atoms with Crippen molar-refractivity contribution < 1.29 is 18.2 Å². The van der Waals surface area contributed by atoms with Crippen molar-refractivity contribution in [3.8, 4) is 0 Å². The molecule has 0 atom stereocenters. The quantitative estimate of drug-likeness (QED) is 0.481. The second-order valence-electron chi connectivity index (χ2n) is 2.10. The number of hydrogen-bond donors (Lipinski definition) is 3. The molecule has 0 unspecified atom stereocenters. The number of aliphatic hydroxyl groups excluding tert-OH is 3. The number of hydrogen-bond acceptors (Lipinski definition) is 3. The molecule has 10 heavy (non-hydrogen) atoms. The molecule has 0 aliphatic heterocycles. The first kappa shape index (κ1) is 13.7. The summed E-state index contributed by atoms with van der Waals surface area (Å²) in [5.41, 5.74) is 0. The van der Waals surface area contributed by atoms with Crippen molar-refractivity contribution in [2.24, 2.45) is 5.92 Å². The summed E-state index contributed by atoms with van der Waals surface area (Å²) in [4.78, 5) is 0. The Kier molecular flexibility index (Phi) is 13.9. The van der Waals surface area contributed by atoms with E-state index in [1.54, 1.807) is 0 Å². The van der Waals surface area contributed by atoms with Gasteiger partial charge in [0.05, 0.1) is 0 Å². The summed E-state index contributed by atoms with van der Waals surface area (Å²) in [5, 5.41) is 25.4. The summed E-state index contributed by atoms with van der Waals surface area (Å²) in [6.45, 7) is 0.156. The monoisotopic (exact) mass is 176 g/mol. The maximum Gasteiger partial charge on any atom is 2.00 e. The van der Waals surface area contributed by atoms with Gasteiger partial charge < -0.3 is 18.2 Å². The predicted molar refractivity (Wildman–Crippen MR) is 42.0 cm³/mol. The van der Waals surface area contributed by atoms with Gasteiger partial charge in [0, 0.05) is 25.7 Å².